The molecule has 0 N–H and O–H groups in total. The summed E-state index contributed by atoms with van der Waals surface area (Å²) in [6, 6.07) is 18.5. The highest BCUT2D eigenvalue weighted by atomic mass is 19.4. The predicted molar refractivity (Wildman–Crippen MR) is 143 cm³/mol. The molecular weight excluding hydrogens is 525 g/mol. The SMILES string of the molecule is COCCN1CCN(C(=O)c2ccc3c(c2)ncn3-c2cccc(OCc3ccc(OC(F)(F)F)cc3)c2)CC1. The van der Waals surface area contributed by atoms with Crippen molar-refractivity contribution in [3.05, 3.63) is 84.2 Å². The lowest BCUT2D eigenvalue weighted by Crippen LogP contribution is -2.49. The molecule has 210 valence electrons. The average Bonchev–Trinajstić information content (AvgIpc) is 3.38. The van der Waals surface area contributed by atoms with E-state index in [-0.39, 0.29) is 18.3 Å². The number of carbonyl (C=O) groups excluding carboxylic acids is 1. The second-order valence-corrected chi connectivity index (χ2v) is 9.42. The number of fused-ring (bicyclic) bond motifs is 1. The summed E-state index contributed by atoms with van der Waals surface area (Å²) >= 11 is 0. The summed E-state index contributed by atoms with van der Waals surface area (Å²) in [6.45, 7) is 4.71. The Hall–Kier alpha value is -4.09. The number of methoxy groups -OCH3 is 1. The van der Waals surface area contributed by atoms with E-state index in [0.29, 0.717) is 42.1 Å². The first kappa shape index (κ1) is 27.5. The van der Waals surface area contributed by atoms with Gasteiger partial charge < -0.3 is 19.1 Å². The number of hydrogen-bond acceptors (Lipinski definition) is 6. The van der Waals surface area contributed by atoms with E-state index >= 15 is 0 Å². The van der Waals surface area contributed by atoms with Crippen LogP contribution in [0.5, 0.6) is 11.5 Å². The van der Waals surface area contributed by atoms with Gasteiger partial charge in [-0.25, -0.2) is 4.98 Å². The molecule has 1 saturated heterocycles. The summed E-state index contributed by atoms with van der Waals surface area (Å²) in [5.74, 6) is 0.304. The summed E-state index contributed by atoms with van der Waals surface area (Å²) in [5.41, 5.74) is 3.67. The highest BCUT2D eigenvalue weighted by Crippen LogP contribution is 2.25. The normalized spacial score (nSPS) is 14.4. The first-order valence-electron chi connectivity index (χ1n) is 12.8. The van der Waals surface area contributed by atoms with Crippen molar-refractivity contribution in [2.75, 3.05) is 46.4 Å². The maximum Gasteiger partial charge on any atom is 0.573 e. The van der Waals surface area contributed by atoms with Crippen LogP contribution in [0.3, 0.4) is 0 Å². The number of aromatic nitrogens is 2. The van der Waals surface area contributed by atoms with Crippen LogP contribution in [-0.4, -0.2) is 78.1 Å². The summed E-state index contributed by atoms with van der Waals surface area (Å²) in [5, 5.41) is 0. The molecule has 0 bridgehead atoms. The third-order valence-electron chi connectivity index (χ3n) is 6.72. The maximum atomic E-state index is 13.1. The van der Waals surface area contributed by atoms with Crippen molar-refractivity contribution >= 4 is 16.9 Å². The molecule has 0 spiro atoms. The van der Waals surface area contributed by atoms with Gasteiger partial charge in [-0.2, -0.15) is 0 Å². The fourth-order valence-corrected chi connectivity index (χ4v) is 4.61. The molecule has 0 saturated carbocycles. The Balaban J connectivity index is 1.23. The highest BCUT2D eigenvalue weighted by Gasteiger charge is 2.31. The number of rotatable bonds is 9. The lowest BCUT2D eigenvalue weighted by molar-refractivity contribution is -0.274. The molecule has 1 aliphatic heterocycles. The molecular formula is C29H29F3N4O4. The third-order valence-corrected chi connectivity index (χ3v) is 6.72. The topological polar surface area (TPSA) is 69.1 Å². The molecule has 1 aliphatic rings. The molecule has 1 fully saturated rings. The van der Waals surface area contributed by atoms with E-state index in [0.717, 1.165) is 30.8 Å². The number of imidazole rings is 1. The highest BCUT2D eigenvalue weighted by molar-refractivity contribution is 5.97. The van der Waals surface area contributed by atoms with Crippen molar-refractivity contribution in [2.24, 2.45) is 0 Å². The van der Waals surface area contributed by atoms with Gasteiger partial charge in [-0.05, 0) is 48.0 Å². The van der Waals surface area contributed by atoms with Crippen LogP contribution in [0.15, 0.2) is 73.1 Å². The van der Waals surface area contributed by atoms with E-state index < -0.39 is 6.36 Å². The number of ether oxygens (including phenoxy) is 3. The molecule has 2 heterocycles. The Bertz CT molecular complexity index is 1450. The summed E-state index contributed by atoms with van der Waals surface area (Å²) in [6.07, 6.45) is -3.03. The number of piperazine rings is 1. The summed E-state index contributed by atoms with van der Waals surface area (Å²) in [7, 11) is 1.69. The molecule has 1 amide bonds. The quantitative estimate of drug-likeness (QED) is 0.293. The second-order valence-electron chi connectivity index (χ2n) is 9.42. The van der Waals surface area contributed by atoms with Crippen LogP contribution in [0.4, 0.5) is 13.2 Å². The molecule has 0 unspecified atom stereocenters. The largest absolute Gasteiger partial charge is 0.573 e. The first-order chi connectivity index (χ1) is 19.3. The number of amides is 1. The van der Waals surface area contributed by atoms with Crippen LogP contribution >= 0.6 is 0 Å². The number of alkyl halides is 3. The van der Waals surface area contributed by atoms with E-state index in [1.165, 1.54) is 24.3 Å². The lowest BCUT2D eigenvalue weighted by atomic mass is 10.1. The van der Waals surface area contributed by atoms with Crippen molar-refractivity contribution < 1.29 is 32.2 Å². The molecule has 4 aromatic rings. The zero-order chi connectivity index (χ0) is 28.1. The Morgan fingerprint density at radius 3 is 2.45 bits per heavy atom. The van der Waals surface area contributed by atoms with Crippen LogP contribution in [-0.2, 0) is 11.3 Å². The Morgan fingerprint density at radius 1 is 0.950 bits per heavy atom. The lowest BCUT2D eigenvalue weighted by Gasteiger charge is -2.34. The number of hydrogen-bond donors (Lipinski definition) is 0. The molecule has 40 heavy (non-hydrogen) atoms. The van der Waals surface area contributed by atoms with Crippen molar-refractivity contribution in [2.45, 2.75) is 13.0 Å². The average molecular weight is 555 g/mol. The number of carbonyl (C=O) groups is 1. The molecule has 5 rings (SSSR count). The van der Waals surface area contributed by atoms with Crippen molar-refractivity contribution in [1.82, 2.24) is 19.4 Å². The van der Waals surface area contributed by atoms with Crippen LogP contribution in [0.2, 0.25) is 0 Å². The summed E-state index contributed by atoms with van der Waals surface area (Å²) < 4.78 is 53.9. The van der Waals surface area contributed by atoms with Crippen LogP contribution in [0.1, 0.15) is 15.9 Å². The zero-order valence-corrected chi connectivity index (χ0v) is 21.9. The molecule has 0 radical (unpaired) electrons. The molecule has 1 aromatic heterocycles. The summed E-state index contributed by atoms with van der Waals surface area (Å²) in [4.78, 5) is 21.8. The fourth-order valence-electron chi connectivity index (χ4n) is 4.61. The molecule has 8 nitrogen and oxygen atoms in total. The van der Waals surface area contributed by atoms with E-state index in [1.54, 1.807) is 19.5 Å². The van der Waals surface area contributed by atoms with E-state index in [9.17, 15) is 18.0 Å². The van der Waals surface area contributed by atoms with Gasteiger partial charge in [0, 0.05) is 51.5 Å². The van der Waals surface area contributed by atoms with Gasteiger partial charge in [0.15, 0.2) is 0 Å². The van der Waals surface area contributed by atoms with Crippen molar-refractivity contribution in [3.8, 4) is 17.2 Å². The maximum absolute atomic E-state index is 13.1. The molecule has 11 heteroatoms. The third kappa shape index (κ3) is 6.72. The number of nitrogens with zero attached hydrogens (tertiary/aromatic N) is 4. The first-order valence-corrected chi connectivity index (χ1v) is 12.8. The van der Waals surface area contributed by atoms with Gasteiger partial charge in [0.05, 0.1) is 23.3 Å². The fraction of sp³-hybridized carbons (Fsp3) is 0.310. The second kappa shape index (κ2) is 12.0. The van der Waals surface area contributed by atoms with E-state index in [1.807, 2.05) is 45.9 Å². The minimum atomic E-state index is -4.73. The van der Waals surface area contributed by atoms with E-state index in [2.05, 4.69) is 14.6 Å². The van der Waals surface area contributed by atoms with Crippen LogP contribution in [0.25, 0.3) is 16.7 Å². The van der Waals surface area contributed by atoms with Crippen molar-refractivity contribution in [1.29, 1.82) is 0 Å². The minimum Gasteiger partial charge on any atom is -0.489 e. The van der Waals surface area contributed by atoms with Gasteiger partial charge in [0.25, 0.3) is 5.91 Å². The smallest absolute Gasteiger partial charge is 0.489 e. The monoisotopic (exact) mass is 554 g/mol. The molecule has 0 atom stereocenters. The van der Waals surface area contributed by atoms with Crippen molar-refractivity contribution in [3.63, 3.8) is 0 Å². The van der Waals surface area contributed by atoms with Gasteiger partial charge in [0.2, 0.25) is 0 Å². The zero-order valence-electron chi connectivity index (χ0n) is 21.9. The Labute approximate surface area is 229 Å². The number of benzene rings is 3. The Kier molecular flexibility index (Phi) is 8.22. The van der Waals surface area contributed by atoms with Crippen LogP contribution in [0, 0.1) is 0 Å². The predicted octanol–water partition coefficient (Wildman–Crippen LogP) is 4.91. The van der Waals surface area contributed by atoms with Gasteiger partial charge >= 0.3 is 6.36 Å². The minimum absolute atomic E-state index is 0.00348. The van der Waals surface area contributed by atoms with Gasteiger partial charge in [-0.1, -0.05) is 18.2 Å². The molecule has 3 aromatic carbocycles. The van der Waals surface area contributed by atoms with Gasteiger partial charge in [-0.15, -0.1) is 13.2 Å². The van der Waals surface area contributed by atoms with Gasteiger partial charge in [0.1, 0.15) is 24.4 Å². The van der Waals surface area contributed by atoms with Crippen LogP contribution < -0.4 is 9.47 Å². The number of halogens is 3. The Morgan fingerprint density at radius 2 is 1.73 bits per heavy atom. The standard InChI is InChI=1S/C29H29F3N4O4/c1-38-16-15-34-11-13-35(14-12-34)28(37)22-7-10-27-26(17-22)33-20-36(27)23-3-2-4-25(18-23)39-19-21-5-8-24(9-6-21)40-29(30,31)32/h2-10,17-18,20H,11-16,19H2,1H3. The molecule has 0 aliphatic carbocycles. The van der Waals surface area contributed by atoms with Gasteiger partial charge in [-0.3, -0.25) is 14.3 Å². The van der Waals surface area contributed by atoms with E-state index in [4.69, 9.17) is 9.47 Å².